The largest absolute Gasteiger partial charge is 0.416 e. The Kier molecular flexibility index (Phi) is 12.4. The van der Waals surface area contributed by atoms with Gasteiger partial charge in [0.25, 0.3) is 0 Å². The SMILES string of the molecule is [C-]#[N+]c1cc([N+]#[C-])cc(-c2ccc3c4ccc(-c5cc(C#N)cc(C#N)c5)cc4n(-c4c(-c5cc(-c6ccccc6)nc(-c6ccccc6)n5)cc(C(F)(F)F)cc4-c4nc(-c5ccccc5)cc(-c5ccccc5)n4)c3c2)c1. The van der Waals surface area contributed by atoms with Crippen LogP contribution in [-0.4, -0.2) is 24.5 Å². The summed E-state index contributed by atoms with van der Waals surface area (Å²) in [6.07, 6.45) is -4.90. The Morgan fingerprint density at radius 2 is 0.810 bits per heavy atom. The minimum Gasteiger partial charge on any atom is -0.308 e. The molecular formula is C67H36F3N9. The molecule has 79 heavy (non-hydrogen) atoms. The molecule has 12 aromatic rings. The summed E-state index contributed by atoms with van der Waals surface area (Å²) in [6, 6.07) is 68.6. The smallest absolute Gasteiger partial charge is 0.308 e. The van der Waals surface area contributed by atoms with E-state index in [0.717, 1.165) is 12.1 Å². The number of fused-ring (bicyclic) bond motifs is 3. The lowest BCUT2D eigenvalue weighted by Crippen LogP contribution is -2.11. The number of nitriles is 2. The van der Waals surface area contributed by atoms with Crippen LogP contribution in [0.3, 0.4) is 0 Å². The Bertz CT molecular complexity index is 4110. The summed E-state index contributed by atoms with van der Waals surface area (Å²) in [6.45, 7) is 15.8. The number of halogens is 3. The monoisotopic (exact) mass is 1020 g/mol. The standard InChI is InChI=1S/C67H36F3N9/c1-73-52-30-50(31-53(36-52)74-2)48-24-26-55-54-25-23-47(49-28-41(39-71)27-42(29-49)40-72)32-62(54)79(63(55)33-48)64-56(61-38-60(45-19-11-5-12-20-45)75-65(78-61)46-21-13-6-14-22-46)34-51(67(68,69)70)35-57(64)66-76-58(43-15-7-3-8-16-43)37-59(77-66)44-17-9-4-10-18-44/h3-38H. The van der Waals surface area contributed by atoms with Gasteiger partial charge in [-0.3, -0.25) is 0 Å². The number of alkyl halides is 3. The first-order valence-corrected chi connectivity index (χ1v) is 24.8. The molecule has 0 N–H and O–H groups in total. The number of aromatic nitrogens is 5. The summed E-state index contributed by atoms with van der Waals surface area (Å²) < 4.78 is 50.2. The van der Waals surface area contributed by atoms with E-state index in [1.807, 2.05) is 168 Å². The number of rotatable bonds is 9. The fourth-order valence-corrected chi connectivity index (χ4v) is 9.98. The molecule has 0 aliphatic rings. The lowest BCUT2D eigenvalue weighted by Gasteiger charge is -2.22. The topological polar surface area (TPSA) is 113 Å². The van der Waals surface area contributed by atoms with Crippen LogP contribution in [0.15, 0.2) is 218 Å². The third kappa shape index (κ3) is 9.36. The van der Waals surface area contributed by atoms with Gasteiger partial charge in [0.15, 0.2) is 23.0 Å². The molecule has 0 radical (unpaired) electrons. The first-order chi connectivity index (χ1) is 38.5. The molecule has 0 atom stereocenters. The maximum absolute atomic E-state index is 16.1. The number of benzene rings is 9. The van der Waals surface area contributed by atoms with E-state index in [1.165, 1.54) is 12.1 Å². The van der Waals surface area contributed by atoms with Gasteiger partial charge in [0, 0.05) is 44.2 Å². The molecule has 0 unspecified atom stereocenters. The summed E-state index contributed by atoms with van der Waals surface area (Å²) in [5, 5.41) is 21.6. The molecule has 0 amide bonds. The zero-order valence-electron chi connectivity index (χ0n) is 41.4. The van der Waals surface area contributed by atoms with Crippen molar-refractivity contribution < 1.29 is 13.2 Å². The third-order valence-electron chi connectivity index (χ3n) is 13.7. The highest BCUT2D eigenvalue weighted by Crippen LogP contribution is 2.47. The van der Waals surface area contributed by atoms with Gasteiger partial charge in [-0.05, 0) is 76.9 Å². The Balaban J connectivity index is 1.29. The van der Waals surface area contributed by atoms with Crippen molar-refractivity contribution in [2.75, 3.05) is 0 Å². The lowest BCUT2D eigenvalue weighted by molar-refractivity contribution is -0.137. The van der Waals surface area contributed by atoms with Crippen LogP contribution in [0.1, 0.15) is 16.7 Å². The van der Waals surface area contributed by atoms with Crippen molar-refractivity contribution >= 4 is 33.2 Å². The van der Waals surface area contributed by atoms with Crippen molar-refractivity contribution in [3.8, 4) is 108 Å². The molecule has 0 aliphatic heterocycles. The molecule has 12 heteroatoms. The second-order valence-electron chi connectivity index (χ2n) is 18.6. The quantitative estimate of drug-likeness (QED) is 0.133. The van der Waals surface area contributed by atoms with Gasteiger partial charge in [-0.15, -0.1) is 0 Å². The lowest BCUT2D eigenvalue weighted by atomic mass is 9.96. The number of nitrogens with zero attached hydrogens (tertiary/aromatic N) is 9. The molecule has 0 fully saturated rings. The minimum atomic E-state index is -4.90. The number of hydrogen-bond donors (Lipinski definition) is 0. The summed E-state index contributed by atoms with van der Waals surface area (Å²) >= 11 is 0. The van der Waals surface area contributed by atoms with E-state index in [9.17, 15) is 10.5 Å². The first kappa shape index (κ1) is 48.6. The van der Waals surface area contributed by atoms with Crippen LogP contribution in [0, 0.1) is 35.8 Å². The normalized spacial score (nSPS) is 11.2. The van der Waals surface area contributed by atoms with Gasteiger partial charge in [0.1, 0.15) is 0 Å². The molecule has 0 aliphatic carbocycles. The summed E-state index contributed by atoms with van der Waals surface area (Å²) in [4.78, 5) is 27.9. The third-order valence-corrected chi connectivity index (χ3v) is 13.7. The first-order valence-electron chi connectivity index (χ1n) is 24.8. The number of hydrogen-bond acceptors (Lipinski definition) is 6. The summed E-state index contributed by atoms with van der Waals surface area (Å²) in [5.74, 6) is 0.251. The van der Waals surface area contributed by atoms with Crippen LogP contribution in [0.2, 0.25) is 0 Å². The molecule has 3 heterocycles. The average molecular weight is 1020 g/mol. The Morgan fingerprint density at radius 1 is 0.392 bits per heavy atom. The van der Waals surface area contributed by atoms with Crippen LogP contribution in [0.25, 0.3) is 127 Å². The van der Waals surface area contributed by atoms with Crippen LogP contribution in [0.4, 0.5) is 24.5 Å². The average Bonchev–Trinajstić information content (AvgIpc) is 4.08. The highest BCUT2D eigenvalue weighted by molar-refractivity contribution is 6.12. The van der Waals surface area contributed by atoms with E-state index < -0.39 is 11.7 Å². The van der Waals surface area contributed by atoms with Crippen LogP contribution < -0.4 is 0 Å². The van der Waals surface area contributed by atoms with E-state index in [2.05, 4.69) is 21.8 Å². The predicted octanol–water partition coefficient (Wildman–Crippen LogP) is 17.6. The van der Waals surface area contributed by atoms with Gasteiger partial charge in [-0.25, -0.2) is 29.6 Å². The Morgan fingerprint density at radius 3 is 1.27 bits per heavy atom. The second kappa shape index (κ2) is 20.1. The molecule has 3 aromatic heterocycles. The van der Waals surface area contributed by atoms with Gasteiger partial charge in [-0.1, -0.05) is 164 Å². The molecule has 0 saturated heterocycles. The Hall–Kier alpha value is -11.3. The fourth-order valence-electron chi connectivity index (χ4n) is 9.98. The van der Waals surface area contributed by atoms with E-state index >= 15 is 13.2 Å². The van der Waals surface area contributed by atoms with Crippen molar-refractivity contribution in [3.63, 3.8) is 0 Å². The maximum Gasteiger partial charge on any atom is 0.416 e. The highest BCUT2D eigenvalue weighted by Gasteiger charge is 2.35. The van der Waals surface area contributed by atoms with Crippen LogP contribution in [0.5, 0.6) is 0 Å². The van der Waals surface area contributed by atoms with Crippen LogP contribution >= 0.6 is 0 Å². The molecule has 0 spiro atoms. The van der Waals surface area contributed by atoms with E-state index in [1.54, 1.807) is 30.3 Å². The van der Waals surface area contributed by atoms with Crippen molar-refractivity contribution in [3.05, 3.63) is 258 Å². The molecule has 12 rings (SSSR count). The van der Waals surface area contributed by atoms with Gasteiger partial charge in [0.2, 0.25) is 0 Å². The Labute approximate surface area is 451 Å². The minimum absolute atomic E-state index is 0.0130. The van der Waals surface area contributed by atoms with E-state index in [0.29, 0.717) is 83.4 Å². The summed E-state index contributed by atoms with van der Waals surface area (Å²) in [5.41, 5.74) is 8.10. The summed E-state index contributed by atoms with van der Waals surface area (Å²) in [7, 11) is 0. The van der Waals surface area contributed by atoms with Crippen molar-refractivity contribution in [1.29, 1.82) is 10.5 Å². The van der Waals surface area contributed by atoms with Gasteiger partial charge in [0.05, 0.1) is 81.5 Å². The molecule has 9 aromatic carbocycles. The zero-order valence-corrected chi connectivity index (χ0v) is 41.4. The van der Waals surface area contributed by atoms with Gasteiger partial charge >= 0.3 is 6.18 Å². The fraction of sp³-hybridized carbons (Fsp3) is 0.0149. The molecule has 0 saturated carbocycles. The highest BCUT2D eigenvalue weighted by atomic mass is 19.4. The van der Waals surface area contributed by atoms with Crippen molar-refractivity contribution in [2.45, 2.75) is 6.18 Å². The maximum atomic E-state index is 16.1. The van der Waals surface area contributed by atoms with Crippen LogP contribution in [-0.2, 0) is 6.18 Å². The second-order valence-corrected chi connectivity index (χ2v) is 18.6. The van der Waals surface area contributed by atoms with E-state index in [4.69, 9.17) is 33.1 Å². The molecule has 370 valence electrons. The molecular weight excluding hydrogens is 988 g/mol. The van der Waals surface area contributed by atoms with Gasteiger partial charge in [-0.2, -0.15) is 23.7 Å². The predicted molar refractivity (Wildman–Crippen MR) is 302 cm³/mol. The molecule has 0 bridgehead atoms. The van der Waals surface area contributed by atoms with Crippen molar-refractivity contribution in [1.82, 2.24) is 24.5 Å². The zero-order chi connectivity index (χ0) is 54.2. The van der Waals surface area contributed by atoms with E-state index in [-0.39, 0.29) is 56.7 Å². The molecule has 9 nitrogen and oxygen atoms in total. The van der Waals surface area contributed by atoms with Gasteiger partial charge < -0.3 is 4.57 Å². The van der Waals surface area contributed by atoms with Crippen molar-refractivity contribution in [2.24, 2.45) is 0 Å².